The van der Waals surface area contributed by atoms with Crippen LogP contribution in [0.2, 0.25) is 0 Å². The highest BCUT2D eigenvalue weighted by Gasteiger charge is 2.27. The van der Waals surface area contributed by atoms with Crippen molar-refractivity contribution in [1.29, 1.82) is 0 Å². The molecule has 1 aromatic carbocycles. The fourth-order valence-corrected chi connectivity index (χ4v) is 2.65. The second-order valence-corrected chi connectivity index (χ2v) is 7.04. The summed E-state index contributed by atoms with van der Waals surface area (Å²) in [6, 6.07) is 5.55. The molecule has 0 aromatic heterocycles. The van der Waals surface area contributed by atoms with E-state index < -0.39 is 11.7 Å². The lowest BCUT2D eigenvalue weighted by molar-refractivity contribution is -0.161. The van der Waals surface area contributed by atoms with Crippen LogP contribution in [-0.4, -0.2) is 30.6 Å². The van der Waals surface area contributed by atoms with E-state index in [0.29, 0.717) is 5.75 Å². The van der Waals surface area contributed by atoms with E-state index in [-0.39, 0.29) is 12.3 Å². The fourth-order valence-electron chi connectivity index (χ4n) is 2.65. The van der Waals surface area contributed by atoms with Crippen LogP contribution in [0.4, 0.5) is 0 Å². The predicted octanol–water partition coefficient (Wildman–Crippen LogP) is 3.71. The normalized spacial score (nSPS) is 23.1. The number of benzene rings is 1. The molecule has 0 radical (unpaired) electrons. The van der Waals surface area contributed by atoms with E-state index in [1.165, 1.54) is 0 Å². The van der Waals surface area contributed by atoms with Gasteiger partial charge in [-0.1, -0.05) is 6.08 Å². The Bertz CT molecular complexity index is 623. The average Bonchev–Trinajstić information content (AvgIpc) is 2.53. The van der Waals surface area contributed by atoms with Gasteiger partial charge in [0.2, 0.25) is 6.10 Å². The first-order valence-corrected chi connectivity index (χ1v) is 8.41. The van der Waals surface area contributed by atoms with Crippen LogP contribution >= 0.6 is 0 Å². The number of hydrogen-bond acceptors (Lipinski definition) is 5. The van der Waals surface area contributed by atoms with Gasteiger partial charge < -0.3 is 18.9 Å². The highest BCUT2D eigenvalue weighted by atomic mass is 16.7. The van der Waals surface area contributed by atoms with Crippen LogP contribution in [0.25, 0.3) is 6.08 Å². The van der Waals surface area contributed by atoms with Crippen LogP contribution in [0, 0.1) is 0 Å². The molecule has 2 aliphatic heterocycles. The Labute approximate surface area is 142 Å². The van der Waals surface area contributed by atoms with E-state index in [2.05, 4.69) is 0 Å². The molecule has 2 unspecified atom stereocenters. The maximum absolute atomic E-state index is 12.1. The molecule has 130 valence electrons. The summed E-state index contributed by atoms with van der Waals surface area (Å²) in [6.45, 7) is 6.25. The Kier molecular flexibility index (Phi) is 4.81. The standard InChI is InChI=1S/C19H24O5/c1-19(2,3)24-18(20)16-9-7-13-12-14(8-10-15(13)23-16)22-17-6-4-5-11-21-17/h7-10,12,16-17H,4-6,11H2,1-3H3. The average molecular weight is 332 g/mol. The first kappa shape index (κ1) is 16.8. The third kappa shape index (κ3) is 4.29. The second kappa shape index (κ2) is 6.85. The molecule has 5 heteroatoms. The van der Waals surface area contributed by atoms with E-state index >= 15 is 0 Å². The molecule has 0 amide bonds. The van der Waals surface area contributed by atoms with Crippen molar-refractivity contribution in [1.82, 2.24) is 0 Å². The van der Waals surface area contributed by atoms with Gasteiger partial charge in [-0.2, -0.15) is 0 Å². The van der Waals surface area contributed by atoms with Gasteiger partial charge in [0.25, 0.3) is 0 Å². The SMILES string of the molecule is CC(C)(C)OC(=O)C1C=Cc2cc(OC3CCCCO3)ccc2O1. The summed E-state index contributed by atoms with van der Waals surface area (Å²) >= 11 is 0. The van der Waals surface area contributed by atoms with Crippen molar-refractivity contribution < 1.29 is 23.7 Å². The lowest BCUT2D eigenvalue weighted by Crippen LogP contribution is -2.35. The Balaban J connectivity index is 1.65. The quantitative estimate of drug-likeness (QED) is 0.790. The van der Waals surface area contributed by atoms with Gasteiger partial charge >= 0.3 is 5.97 Å². The largest absolute Gasteiger partial charge is 0.474 e. The molecule has 0 N–H and O–H groups in total. The second-order valence-electron chi connectivity index (χ2n) is 7.04. The molecule has 1 fully saturated rings. The third-order valence-electron chi connectivity index (χ3n) is 3.73. The molecule has 2 heterocycles. The molecular weight excluding hydrogens is 308 g/mol. The molecule has 1 saturated heterocycles. The van der Waals surface area contributed by atoms with E-state index in [0.717, 1.165) is 37.2 Å². The molecule has 24 heavy (non-hydrogen) atoms. The number of hydrogen-bond donors (Lipinski definition) is 0. The Morgan fingerprint density at radius 1 is 1.25 bits per heavy atom. The smallest absolute Gasteiger partial charge is 0.352 e. The Hall–Kier alpha value is -2.01. The number of carbonyl (C=O) groups excluding carboxylic acids is 1. The van der Waals surface area contributed by atoms with Crippen LogP contribution in [0.15, 0.2) is 24.3 Å². The number of ether oxygens (including phenoxy) is 4. The fraction of sp³-hybridized carbons (Fsp3) is 0.526. The minimum absolute atomic E-state index is 0.181. The van der Waals surface area contributed by atoms with Gasteiger partial charge in [-0.05, 0) is 57.9 Å². The van der Waals surface area contributed by atoms with Crippen LogP contribution < -0.4 is 9.47 Å². The van der Waals surface area contributed by atoms with Gasteiger partial charge in [-0.3, -0.25) is 0 Å². The van der Waals surface area contributed by atoms with Gasteiger partial charge in [-0.25, -0.2) is 4.79 Å². The van der Waals surface area contributed by atoms with Crippen molar-refractivity contribution >= 4 is 12.0 Å². The molecule has 0 spiro atoms. The molecule has 0 aliphatic carbocycles. The number of esters is 1. The maximum Gasteiger partial charge on any atom is 0.352 e. The molecule has 2 atom stereocenters. The molecule has 2 aliphatic rings. The summed E-state index contributed by atoms with van der Waals surface area (Å²) in [6.07, 6.45) is 5.79. The van der Waals surface area contributed by atoms with Crippen molar-refractivity contribution in [3.05, 3.63) is 29.8 Å². The monoisotopic (exact) mass is 332 g/mol. The summed E-state index contributed by atoms with van der Waals surface area (Å²) in [5.74, 6) is 0.996. The minimum atomic E-state index is -0.717. The molecule has 3 rings (SSSR count). The van der Waals surface area contributed by atoms with Crippen molar-refractivity contribution in [2.75, 3.05) is 6.61 Å². The number of rotatable bonds is 3. The van der Waals surface area contributed by atoms with Gasteiger partial charge in [0, 0.05) is 12.0 Å². The van der Waals surface area contributed by atoms with Crippen LogP contribution in [0.1, 0.15) is 45.6 Å². The van der Waals surface area contributed by atoms with Crippen molar-refractivity contribution in [2.45, 2.75) is 58.0 Å². The topological polar surface area (TPSA) is 54.0 Å². The zero-order chi connectivity index (χ0) is 17.2. The van der Waals surface area contributed by atoms with Gasteiger partial charge in [0.05, 0.1) is 6.61 Å². The predicted molar refractivity (Wildman–Crippen MR) is 90.0 cm³/mol. The van der Waals surface area contributed by atoms with Crippen LogP contribution in [0.5, 0.6) is 11.5 Å². The van der Waals surface area contributed by atoms with Crippen molar-refractivity contribution in [3.63, 3.8) is 0 Å². The Morgan fingerprint density at radius 2 is 2.08 bits per heavy atom. The van der Waals surface area contributed by atoms with Crippen molar-refractivity contribution in [2.24, 2.45) is 0 Å². The summed E-state index contributed by atoms with van der Waals surface area (Å²) in [5, 5.41) is 0. The summed E-state index contributed by atoms with van der Waals surface area (Å²) < 4.78 is 22.5. The molecule has 1 aromatic rings. The molecule has 0 bridgehead atoms. The zero-order valence-electron chi connectivity index (χ0n) is 14.4. The number of fused-ring (bicyclic) bond motifs is 1. The van der Waals surface area contributed by atoms with E-state index in [9.17, 15) is 4.79 Å². The maximum atomic E-state index is 12.1. The lowest BCUT2D eigenvalue weighted by Gasteiger charge is -2.26. The summed E-state index contributed by atoms with van der Waals surface area (Å²) in [4.78, 5) is 12.1. The zero-order valence-corrected chi connectivity index (χ0v) is 14.4. The third-order valence-corrected chi connectivity index (χ3v) is 3.73. The lowest BCUT2D eigenvalue weighted by atomic mass is 10.1. The molecule has 0 saturated carbocycles. The summed E-state index contributed by atoms with van der Waals surface area (Å²) in [7, 11) is 0. The van der Waals surface area contributed by atoms with Gasteiger partial charge in [0.15, 0.2) is 6.29 Å². The first-order valence-electron chi connectivity index (χ1n) is 8.41. The first-order chi connectivity index (χ1) is 11.4. The van der Waals surface area contributed by atoms with E-state index in [4.69, 9.17) is 18.9 Å². The van der Waals surface area contributed by atoms with Crippen LogP contribution in [-0.2, 0) is 14.3 Å². The minimum Gasteiger partial charge on any atom is -0.474 e. The van der Waals surface area contributed by atoms with Gasteiger partial charge in [-0.15, -0.1) is 0 Å². The van der Waals surface area contributed by atoms with E-state index in [1.807, 2.05) is 45.0 Å². The molecule has 5 nitrogen and oxygen atoms in total. The number of carbonyl (C=O) groups is 1. The van der Waals surface area contributed by atoms with E-state index in [1.54, 1.807) is 6.08 Å². The highest BCUT2D eigenvalue weighted by Crippen LogP contribution is 2.31. The highest BCUT2D eigenvalue weighted by molar-refractivity contribution is 5.81. The summed E-state index contributed by atoms with van der Waals surface area (Å²) in [5.41, 5.74) is 0.342. The molecular formula is C19H24O5. The van der Waals surface area contributed by atoms with Crippen LogP contribution in [0.3, 0.4) is 0 Å². The van der Waals surface area contributed by atoms with Gasteiger partial charge in [0.1, 0.15) is 17.1 Å². The Morgan fingerprint density at radius 3 is 2.79 bits per heavy atom. The van der Waals surface area contributed by atoms with Crippen molar-refractivity contribution in [3.8, 4) is 11.5 Å².